The van der Waals surface area contributed by atoms with Gasteiger partial charge in [-0.15, -0.1) is 11.6 Å². The van der Waals surface area contributed by atoms with Crippen LogP contribution in [-0.2, 0) is 0 Å². The molecule has 1 nitrogen and oxygen atoms in total. The molecule has 0 aromatic rings. The summed E-state index contributed by atoms with van der Waals surface area (Å²) in [5.74, 6) is 0.604. The Hall–Kier alpha value is -0.0100. The number of alkyl halides is 1. The van der Waals surface area contributed by atoms with E-state index in [9.17, 15) is 0 Å². The third-order valence-electron chi connectivity index (χ3n) is 3.09. The highest BCUT2D eigenvalue weighted by Gasteiger charge is 2.19. The molecule has 0 bridgehead atoms. The average Bonchev–Trinajstić information content (AvgIpc) is 2.42. The average molecular weight is 216 g/mol. The van der Waals surface area contributed by atoms with E-state index in [0.717, 1.165) is 18.2 Å². The van der Waals surface area contributed by atoms with E-state index in [1.54, 1.807) is 0 Å². The van der Waals surface area contributed by atoms with Gasteiger partial charge in [-0.05, 0) is 31.4 Å². The summed E-state index contributed by atoms with van der Waals surface area (Å²) in [6.07, 6.45) is 6.73. The largest absolute Gasteiger partial charge is 0.296 e. The number of hydrogen-bond donors (Lipinski definition) is 0. The summed E-state index contributed by atoms with van der Waals surface area (Å²) in [5, 5.41) is 0. The Balaban J connectivity index is 2.47. The highest BCUT2D eigenvalue weighted by Crippen LogP contribution is 2.19. The molecule has 0 saturated carbocycles. The molecule has 1 fully saturated rings. The molecule has 1 rings (SSSR count). The van der Waals surface area contributed by atoms with Gasteiger partial charge in [0, 0.05) is 18.5 Å². The number of rotatable bonds is 4. The van der Waals surface area contributed by atoms with E-state index in [-0.39, 0.29) is 0 Å². The second-order valence-corrected chi connectivity index (χ2v) is 4.53. The maximum absolute atomic E-state index is 5.78. The summed E-state index contributed by atoms with van der Waals surface area (Å²) < 4.78 is 0. The number of hydrogen-bond acceptors (Lipinski definition) is 1. The molecule has 0 N–H and O–H groups in total. The van der Waals surface area contributed by atoms with Gasteiger partial charge in [-0.3, -0.25) is 4.90 Å². The number of nitrogens with zero attached hydrogens (tertiary/aromatic N) is 1. The van der Waals surface area contributed by atoms with Gasteiger partial charge in [0.1, 0.15) is 0 Å². The van der Waals surface area contributed by atoms with Crippen molar-refractivity contribution >= 4 is 11.6 Å². The molecule has 0 amide bonds. The molecule has 1 aliphatic rings. The lowest BCUT2D eigenvalue weighted by molar-refractivity contribution is 0.211. The van der Waals surface area contributed by atoms with Crippen LogP contribution < -0.4 is 0 Å². The van der Waals surface area contributed by atoms with Crippen molar-refractivity contribution in [1.82, 2.24) is 4.90 Å². The van der Waals surface area contributed by atoms with Crippen molar-refractivity contribution in [3.05, 3.63) is 12.2 Å². The smallest absolute Gasteiger partial charge is 0.0443 e. The molecule has 1 heterocycles. The second-order valence-electron chi connectivity index (χ2n) is 4.27. The normalized spacial score (nSPS) is 24.6. The maximum Gasteiger partial charge on any atom is 0.0443 e. The predicted molar refractivity (Wildman–Crippen MR) is 64.0 cm³/mol. The van der Waals surface area contributed by atoms with Crippen molar-refractivity contribution in [3.63, 3.8) is 0 Å². The molecule has 0 aromatic carbocycles. The SMILES string of the molecule is C=C(CCl)CN1CCCCCC1CC. The summed E-state index contributed by atoms with van der Waals surface area (Å²) in [6.45, 7) is 8.51. The molecular weight excluding hydrogens is 194 g/mol. The van der Waals surface area contributed by atoms with Crippen molar-refractivity contribution < 1.29 is 0 Å². The lowest BCUT2D eigenvalue weighted by Crippen LogP contribution is -2.36. The first kappa shape index (κ1) is 12.1. The highest BCUT2D eigenvalue weighted by molar-refractivity contribution is 6.19. The Labute approximate surface area is 93.1 Å². The lowest BCUT2D eigenvalue weighted by Gasteiger charge is -2.29. The first-order valence-corrected chi connectivity index (χ1v) is 6.28. The van der Waals surface area contributed by atoms with Crippen LogP contribution in [0, 0.1) is 0 Å². The van der Waals surface area contributed by atoms with Gasteiger partial charge in [0.2, 0.25) is 0 Å². The molecule has 1 aliphatic heterocycles. The van der Waals surface area contributed by atoms with Gasteiger partial charge in [-0.2, -0.15) is 0 Å². The molecule has 1 unspecified atom stereocenters. The molecule has 0 radical (unpaired) electrons. The predicted octanol–water partition coefficient (Wildman–Crippen LogP) is 3.44. The minimum Gasteiger partial charge on any atom is -0.296 e. The Kier molecular flexibility index (Phi) is 5.57. The van der Waals surface area contributed by atoms with Crippen molar-refractivity contribution in [1.29, 1.82) is 0 Å². The van der Waals surface area contributed by atoms with Crippen LogP contribution in [-0.4, -0.2) is 29.9 Å². The summed E-state index contributed by atoms with van der Waals surface area (Å²) in [5.41, 5.74) is 1.16. The highest BCUT2D eigenvalue weighted by atomic mass is 35.5. The topological polar surface area (TPSA) is 3.24 Å². The third-order valence-corrected chi connectivity index (χ3v) is 3.46. The van der Waals surface area contributed by atoms with Crippen LogP contribution in [0.3, 0.4) is 0 Å². The van der Waals surface area contributed by atoms with Gasteiger partial charge in [0.15, 0.2) is 0 Å². The third kappa shape index (κ3) is 3.62. The van der Waals surface area contributed by atoms with Crippen molar-refractivity contribution in [2.75, 3.05) is 19.0 Å². The Morgan fingerprint density at radius 2 is 2.21 bits per heavy atom. The van der Waals surface area contributed by atoms with E-state index >= 15 is 0 Å². The van der Waals surface area contributed by atoms with Crippen LogP contribution in [0.5, 0.6) is 0 Å². The van der Waals surface area contributed by atoms with Gasteiger partial charge in [0.05, 0.1) is 0 Å². The standard InChI is InChI=1S/C12H22ClN/c1-3-12-7-5-4-6-8-14(12)10-11(2)9-13/h12H,2-10H2,1H3. The van der Waals surface area contributed by atoms with E-state index in [0.29, 0.717) is 5.88 Å². The lowest BCUT2D eigenvalue weighted by atomic mass is 10.1. The number of halogens is 1. The van der Waals surface area contributed by atoms with Crippen molar-refractivity contribution in [2.24, 2.45) is 0 Å². The van der Waals surface area contributed by atoms with E-state index < -0.39 is 0 Å². The maximum atomic E-state index is 5.78. The molecule has 0 aromatic heterocycles. The Bertz CT molecular complexity index is 179. The fraction of sp³-hybridized carbons (Fsp3) is 0.833. The van der Waals surface area contributed by atoms with Gasteiger partial charge < -0.3 is 0 Å². The van der Waals surface area contributed by atoms with Crippen molar-refractivity contribution in [3.8, 4) is 0 Å². The Morgan fingerprint density at radius 1 is 1.43 bits per heavy atom. The molecule has 1 saturated heterocycles. The van der Waals surface area contributed by atoms with Crippen LogP contribution in [0.2, 0.25) is 0 Å². The molecular formula is C12H22ClN. The molecule has 82 valence electrons. The van der Waals surface area contributed by atoms with Crippen molar-refractivity contribution in [2.45, 2.75) is 45.1 Å². The molecule has 14 heavy (non-hydrogen) atoms. The molecule has 0 aliphatic carbocycles. The summed E-state index contributed by atoms with van der Waals surface area (Å²) in [7, 11) is 0. The monoisotopic (exact) mass is 215 g/mol. The van der Waals surface area contributed by atoms with Gasteiger partial charge in [0.25, 0.3) is 0 Å². The van der Waals surface area contributed by atoms with E-state index in [1.165, 1.54) is 38.6 Å². The summed E-state index contributed by atoms with van der Waals surface area (Å²) >= 11 is 5.78. The molecule has 2 heteroatoms. The van der Waals surface area contributed by atoms with E-state index in [1.807, 2.05) is 0 Å². The van der Waals surface area contributed by atoms with Gasteiger partial charge in [-0.25, -0.2) is 0 Å². The van der Waals surface area contributed by atoms with Crippen LogP contribution >= 0.6 is 11.6 Å². The molecule has 1 atom stereocenters. The zero-order valence-corrected chi connectivity index (χ0v) is 10.0. The Morgan fingerprint density at radius 3 is 2.86 bits per heavy atom. The van der Waals surface area contributed by atoms with Crippen LogP contribution in [0.25, 0.3) is 0 Å². The second kappa shape index (κ2) is 6.47. The first-order valence-electron chi connectivity index (χ1n) is 5.74. The minimum atomic E-state index is 0.604. The van der Waals surface area contributed by atoms with Gasteiger partial charge >= 0.3 is 0 Å². The van der Waals surface area contributed by atoms with E-state index in [2.05, 4.69) is 18.4 Å². The quantitative estimate of drug-likeness (QED) is 0.513. The number of likely N-dealkylation sites (tertiary alicyclic amines) is 1. The minimum absolute atomic E-state index is 0.604. The molecule has 0 spiro atoms. The fourth-order valence-corrected chi connectivity index (χ4v) is 2.32. The first-order chi connectivity index (χ1) is 6.77. The summed E-state index contributed by atoms with van der Waals surface area (Å²) in [4.78, 5) is 2.57. The van der Waals surface area contributed by atoms with Crippen LogP contribution in [0.15, 0.2) is 12.2 Å². The summed E-state index contributed by atoms with van der Waals surface area (Å²) in [6, 6.07) is 0.762. The van der Waals surface area contributed by atoms with Crippen LogP contribution in [0.4, 0.5) is 0 Å². The fourth-order valence-electron chi connectivity index (χ4n) is 2.24. The van der Waals surface area contributed by atoms with E-state index in [4.69, 9.17) is 11.6 Å². The van der Waals surface area contributed by atoms with Crippen LogP contribution in [0.1, 0.15) is 39.0 Å². The zero-order valence-electron chi connectivity index (χ0n) is 9.27. The zero-order chi connectivity index (χ0) is 10.4. The van der Waals surface area contributed by atoms with Gasteiger partial charge in [-0.1, -0.05) is 26.3 Å².